The van der Waals surface area contributed by atoms with Gasteiger partial charge in [0.2, 0.25) is 0 Å². The molecule has 1 heteroatoms. The number of hydrogen-bond acceptors (Lipinski definition) is 1. The average molecular weight is 321 g/mol. The number of allylic oxidation sites excluding steroid dienone is 3. The Labute approximate surface area is 144 Å². The zero-order chi connectivity index (χ0) is 16.2. The van der Waals surface area contributed by atoms with E-state index in [1.54, 1.807) is 0 Å². The minimum Gasteiger partial charge on any atom is -0.134 e. The molecule has 118 valence electrons. The molecule has 0 radical (unpaired) electrons. The molecular weight excluding hydrogens is 296 g/mol. The second-order valence-electron chi connectivity index (χ2n) is 6.28. The van der Waals surface area contributed by atoms with Gasteiger partial charge < -0.3 is 0 Å². The van der Waals surface area contributed by atoms with Crippen molar-refractivity contribution in [1.29, 1.82) is 0 Å². The lowest BCUT2D eigenvalue weighted by atomic mass is 9.90. The Balaban J connectivity index is 1.76. The Kier molecular flexibility index (Phi) is 5.07. The molecule has 1 unspecified atom stereocenters. The first-order valence-electron chi connectivity index (χ1n) is 8.24. The highest BCUT2D eigenvalue weighted by atomic mass is 32.2. The highest BCUT2D eigenvalue weighted by Crippen LogP contribution is 2.47. The Morgan fingerprint density at radius 2 is 1.70 bits per heavy atom. The summed E-state index contributed by atoms with van der Waals surface area (Å²) in [6.07, 6.45) is 5.51. The molecule has 0 amide bonds. The summed E-state index contributed by atoms with van der Waals surface area (Å²) in [4.78, 5) is 1.52. The van der Waals surface area contributed by atoms with Crippen molar-refractivity contribution in [3.05, 3.63) is 93.9 Å². The average Bonchev–Trinajstić information content (AvgIpc) is 2.90. The SMILES string of the molecule is C=C1C(CCc2ccccc2)=C(SC)CC1c1ccc(C)cc1. The molecular formula is C22H24S. The first-order chi connectivity index (χ1) is 11.2. The number of rotatable bonds is 5. The van der Waals surface area contributed by atoms with Crippen LogP contribution in [0, 0.1) is 6.92 Å². The van der Waals surface area contributed by atoms with Crippen LogP contribution in [0.25, 0.3) is 0 Å². The first kappa shape index (κ1) is 16.1. The van der Waals surface area contributed by atoms with E-state index in [4.69, 9.17) is 0 Å². The molecule has 3 rings (SSSR count). The second-order valence-corrected chi connectivity index (χ2v) is 7.19. The standard InChI is InChI=1S/C22H24S/c1-16-9-12-19(13-10-16)21-15-22(23-3)20(17(21)2)14-11-18-7-5-4-6-8-18/h4-10,12-13,21H,2,11,14-15H2,1,3H3. The lowest BCUT2D eigenvalue weighted by Crippen LogP contribution is -1.98. The predicted molar refractivity (Wildman–Crippen MR) is 103 cm³/mol. The van der Waals surface area contributed by atoms with Gasteiger partial charge in [0.15, 0.2) is 0 Å². The van der Waals surface area contributed by atoms with E-state index in [1.165, 1.54) is 32.7 Å². The minimum atomic E-state index is 0.462. The summed E-state index contributed by atoms with van der Waals surface area (Å²) in [5.74, 6) is 0.462. The summed E-state index contributed by atoms with van der Waals surface area (Å²) in [5.41, 5.74) is 6.95. The Hall–Kier alpha value is -1.73. The molecule has 0 N–H and O–H groups in total. The summed E-state index contributed by atoms with van der Waals surface area (Å²) in [6, 6.07) is 19.7. The van der Waals surface area contributed by atoms with Crippen LogP contribution in [0.2, 0.25) is 0 Å². The quantitative estimate of drug-likeness (QED) is 0.624. The summed E-state index contributed by atoms with van der Waals surface area (Å²) < 4.78 is 0. The zero-order valence-corrected chi connectivity index (χ0v) is 14.8. The lowest BCUT2D eigenvalue weighted by molar-refractivity contribution is 0.849. The monoisotopic (exact) mass is 320 g/mol. The van der Waals surface area contributed by atoms with Crippen LogP contribution >= 0.6 is 11.8 Å². The normalized spacial score (nSPS) is 17.8. The first-order valence-corrected chi connectivity index (χ1v) is 9.47. The smallest absolute Gasteiger partial charge is 0.0132 e. The summed E-state index contributed by atoms with van der Waals surface area (Å²) in [6.45, 7) is 6.60. The molecule has 0 aromatic heterocycles. The molecule has 0 bridgehead atoms. The number of benzene rings is 2. The molecule has 2 aromatic rings. The van der Waals surface area contributed by atoms with Crippen molar-refractivity contribution in [3.8, 4) is 0 Å². The Bertz CT molecular complexity index is 707. The van der Waals surface area contributed by atoms with E-state index in [9.17, 15) is 0 Å². The van der Waals surface area contributed by atoms with Crippen LogP contribution in [0.3, 0.4) is 0 Å². The molecule has 0 saturated heterocycles. The number of hydrogen-bond donors (Lipinski definition) is 0. The zero-order valence-electron chi connectivity index (χ0n) is 14.0. The molecule has 1 atom stereocenters. The third-order valence-corrected chi connectivity index (χ3v) is 5.67. The second kappa shape index (κ2) is 7.23. The Morgan fingerprint density at radius 3 is 2.35 bits per heavy atom. The van der Waals surface area contributed by atoms with Gasteiger partial charge >= 0.3 is 0 Å². The van der Waals surface area contributed by atoms with Gasteiger partial charge in [-0.15, -0.1) is 11.8 Å². The van der Waals surface area contributed by atoms with Crippen molar-refractivity contribution in [2.75, 3.05) is 6.26 Å². The number of aryl methyl sites for hydroxylation is 2. The third kappa shape index (κ3) is 3.61. The van der Waals surface area contributed by atoms with E-state index in [2.05, 4.69) is 74.4 Å². The van der Waals surface area contributed by atoms with Gasteiger partial charge in [0.05, 0.1) is 0 Å². The fourth-order valence-electron chi connectivity index (χ4n) is 3.36. The minimum absolute atomic E-state index is 0.462. The van der Waals surface area contributed by atoms with E-state index < -0.39 is 0 Å². The van der Waals surface area contributed by atoms with Gasteiger partial charge in [-0.3, -0.25) is 0 Å². The molecule has 1 aliphatic carbocycles. The molecule has 1 aliphatic rings. The topological polar surface area (TPSA) is 0 Å². The molecule has 0 spiro atoms. The Morgan fingerprint density at radius 1 is 1.00 bits per heavy atom. The highest BCUT2D eigenvalue weighted by Gasteiger charge is 2.28. The van der Waals surface area contributed by atoms with E-state index in [0.717, 1.165) is 19.3 Å². The van der Waals surface area contributed by atoms with Crippen molar-refractivity contribution in [3.63, 3.8) is 0 Å². The molecule has 0 aliphatic heterocycles. The van der Waals surface area contributed by atoms with Crippen molar-refractivity contribution in [2.45, 2.75) is 32.1 Å². The third-order valence-electron chi connectivity index (χ3n) is 4.77. The highest BCUT2D eigenvalue weighted by molar-refractivity contribution is 8.02. The molecule has 2 aromatic carbocycles. The van der Waals surface area contributed by atoms with E-state index in [1.807, 2.05) is 11.8 Å². The summed E-state index contributed by atoms with van der Waals surface area (Å²) in [7, 11) is 0. The predicted octanol–water partition coefficient (Wildman–Crippen LogP) is 6.29. The van der Waals surface area contributed by atoms with E-state index >= 15 is 0 Å². The fraction of sp³-hybridized carbons (Fsp3) is 0.273. The van der Waals surface area contributed by atoms with Crippen LogP contribution in [0.5, 0.6) is 0 Å². The van der Waals surface area contributed by atoms with Gasteiger partial charge in [-0.05, 0) is 59.6 Å². The van der Waals surface area contributed by atoms with Gasteiger partial charge in [-0.25, -0.2) is 0 Å². The maximum Gasteiger partial charge on any atom is 0.0132 e. The maximum absolute atomic E-state index is 4.46. The van der Waals surface area contributed by atoms with Gasteiger partial charge in [0.1, 0.15) is 0 Å². The van der Waals surface area contributed by atoms with Gasteiger partial charge in [0, 0.05) is 5.92 Å². The van der Waals surface area contributed by atoms with Crippen molar-refractivity contribution >= 4 is 11.8 Å². The summed E-state index contributed by atoms with van der Waals surface area (Å²) >= 11 is 1.90. The van der Waals surface area contributed by atoms with Crippen LogP contribution in [0.1, 0.15) is 35.4 Å². The van der Waals surface area contributed by atoms with Crippen LogP contribution in [-0.4, -0.2) is 6.26 Å². The maximum atomic E-state index is 4.46. The molecule has 0 heterocycles. The molecule has 23 heavy (non-hydrogen) atoms. The van der Waals surface area contributed by atoms with Gasteiger partial charge in [0.25, 0.3) is 0 Å². The van der Waals surface area contributed by atoms with Crippen LogP contribution < -0.4 is 0 Å². The fourth-order valence-corrected chi connectivity index (χ4v) is 4.17. The number of thioether (sulfide) groups is 1. The lowest BCUT2D eigenvalue weighted by Gasteiger charge is -2.14. The van der Waals surface area contributed by atoms with Crippen molar-refractivity contribution in [2.24, 2.45) is 0 Å². The van der Waals surface area contributed by atoms with E-state index in [0.29, 0.717) is 5.92 Å². The van der Waals surface area contributed by atoms with Crippen LogP contribution in [-0.2, 0) is 6.42 Å². The molecule has 0 saturated carbocycles. The van der Waals surface area contributed by atoms with Gasteiger partial charge in [-0.1, -0.05) is 66.7 Å². The van der Waals surface area contributed by atoms with Gasteiger partial charge in [-0.2, -0.15) is 0 Å². The van der Waals surface area contributed by atoms with Crippen molar-refractivity contribution < 1.29 is 0 Å². The van der Waals surface area contributed by atoms with Crippen LogP contribution in [0.4, 0.5) is 0 Å². The van der Waals surface area contributed by atoms with Crippen LogP contribution in [0.15, 0.2) is 77.2 Å². The van der Waals surface area contributed by atoms with E-state index in [-0.39, 0.29) is 0 Å². The summed E-state index contributed by atoms with van der Waals surface area (Å²) in [5, 5.41) is 0. The molecule has 0 fully saturated rings. The van der Waals surface area contributed by atoms with Crippen molar-refractivity contribution in [1.82, 2.24) is 0 Å². The molecule has 0 nitrogen and oxygen atoms in total. The largest absolute Gasteiger partial charge is 0.134 e.